The monoisotopic (exact) mass is 425 g/mol. The van der Waals surface area contributed by atoms with Crippen LogP contribution < -0.4 is 15.4 Å². The highest BCUT2D eigenvalue weighted by atomic mass is 16.5. The molecule has 2 atom stereocenters. The zero-order valence-corrected chi connectivity index (χ0v) is 17.4. The number of amides is 4. The molecule has 2 aromatic carbocycles. The summed E-state index contributed by atoms with van der Waals surface area (Å²) in [4.78, 5) is 38.3. The Morgan fingerprint density at radius 1 is 1.16 bits per heavy atom. The number of carbonyl (C=O) groups is 3. The molecule has 8 heteroatoms. The molecule has 0 aliphatic carbocycles. The minimum Gasteiger partial charge on any atom is -0.497 e. The first kappa shape index (κ1) is 22.3. The van der Waals surface area contributed by atoms with Gasteiger partial charge in [-0.25, -0.2) is 4.79 Å². The van der Waals surface area contributed by atoms with E-state index in [4.69, 9.17) is 4.74 Å². The minimum atomic E-state index is -0.724. The van der Waals surface area contributed by atoms with Crippen LogP contribution in [-0.4, -0.2) is 54.2 Å². The number of imide groups is 1. The van der Waals surface area contributed by atoms with Crippen molar-refractivity contribution in [3.63, 3.8) is 0 Å². The van der Waals surface area contributed by atoms with Gasteiger partial charge in [-0.05, 0) is 36.1 Å². The average Bonchev–Trinajstić information content (AvgIpc) is 3.08. The van der Waals surface area contributed by atoms with Crippen LogP contribution in [0.4, 0.5) is 4.79 Å². The number of nitrogens with zero attached hydrogens (tertiary/aromatic N) is 1. The van der Waals surface area contributed by atoms with E-state index in [-0.39, 0.29) is 37.8 Å². The number of benzene rings is 2. The Morgan fingerprint density at radius 2 is 1.87 bits per heavy atom. The Morgan fingerprint density at radius 3 is 2.52 bits per heavy atom. The molecule has 1 aliphatic rings. The number of hydrogen-bond acceptors (Lipinski definition) is 5. The standard InChI is InChI=1S/C23H27N3O5/c1-31-18-9-7-16(8-10-18)13-14-26-22(29)19(25-23(26)30)11-12-21(28)24-20(15-27)17-5-3-2-4-6-17/h2-10,19-20,27H,11-15H2,1H3,(H,24,28)(H,25,30)/t19-,20-/m0/s1. The number of carbonyl (C=O) groups excluding carboxylic acids is 3. The number of aliphatic hydroxyl groups excluding tert-OH is 1. The van der Waals surface area contributed by atoms with Crippen LogP contribution in [0, 0.1) is 0 Å². The fourth-order valence-electron chi connectivity index (χ4n) is 3.48. The normalized spacial score (nSPS) is 16.7. The number of ether oxygens (including phenoxy) is 1. The largest absolute Gasteiger partial charge is 0.497 e. The molecule has 4 amide bonds. The summed E-state index contributed by atoms with van der Waals surface area (Å²) in [7, 11) is 1.59. The second kappa shape index (κ2) is 10.6. The summed E-state index contributed by atoms with van der Waals surface area (Å²) in [6.07, 6.45) is 0.792. The van der Waals surface area contributed by atoms with Gasteiger partial charge in [-0.3, -0.25) is 14.5 Å². The van der Waals surface area contributed by atoms with Gasteiger partial charge in [0.2, 0.25) is 5.91 Å². The Hall–Kier alpha value is -3.39. The number of rotatable bonds is 10. The van der Waals surface area contributed by atoms with E-state index >= 15 is 0 Å². The summed E-state index contributed by atoms with van der Waals surface area (Å²) in [6.45, 7) is 0.0360. The van der Waals surface area contributed by atoms with Gasteiger partial charge in [-0.15, -0.1) is 0 Å². The summed E-state index contributed by atoms with van der Waals surface area (Å²) in [6, 6.07) is 14.9. The summed E-state index contributed by atoms with van der Waals surface area (Å²) < 4.78 is 5.12. The molecule has 31 heavy (non-hydrogen) atoms. The van der Waals surface area contributed by atoms with Crippen molar-refractivity contribution in [2.24, 2.45) is 0 Å². The first-order valence-electron chi connectivity index (χ1n) is 10.2. The lowest BCUT2D eigenvalue weighted by atomic mass is 10.1. The Kier molecular flexibility index (Phi) is 7.61. The van der Waals surface area contributed by atoms with E-state index < -0.39 is 18.1 Å². The van der Waals surface area contributed by atoms with Crippen molar-refractivity contribution in [2.75, 3.05) is 20.3 Å². The summed E-state index contributed by atoms with van der Waals surface area (Å²) in [5.41, 5.74) is 1.79. The van der Waals surface area contributed by atoms with Crippen molar-refractivity contribution >= 4 is 17.8 Å². The molecule has 164 valence electrons. The third-order valence-electron chi connectivity index (χ3n) is 5.27. The third kappa shape index (κ3) is 5.82. The quantitative estimate of drug-likeness (QED) is 0.503. The second-order valence-electron chi connectivity index (χ2n) is 7.34. The molecule has 0 bridgehead atoms. The molecular weight excluding hydrogens is 398 g/mol. The maximum atomic E-state index is 12.6. The summed E-state index contributed by atoms with van der Waals surface area (Å²) in [5.74, 6) is 0.127. The molecule has 1 heterocycles. The topological polar surface area (TPSA) is 108 Å². The van der Waals surface area contributed by atoms with Gasteiger partial charge >= 0.3 is 6.03 Å². The Balaban J connectivity index is 1.48. The predicted molar refractivity (Wildman–Crippen MR) is 114 cm³/mol. The van der Waals surface area contributed by atoms with Gasteiger partial charge in [-0.1, -0.05) is 42.5 Å². The van der Waals surface area contributed by atoms with Crippen LogP contribution in [0.2, 0.25) is 0 Å². The van der Waals surface area contributed by atoms with Crippen molar-refractivity contribution < 1.29 is 24.2 Å². The first-order chi connectivity index (χ1) is 15.0. The van der Waals surface area contributed by atoms with Gasteiger partial charge in [0.15, 0.2) is 0 Å². The van der Waals surface area contributed by atoms with Crippen molar-refractivity contribution in [2.45, 2.75) is 31.3 Å². The molecule has 3 N–H and O–H groups in total. The van der Waals surface area contributed by atoms with E-state index in [1.807, 2.05) is 54.6 Å². The highest BCUT2D eigenvalue weighted by molar-refractivity contribution is 6.04. The molecule has 2 aromatic rings. The smallest absolute Gasteiger partial charge is 0.324 e. The van der Waals surface area contributed by atoms with Gasteiger partial charge in [0.05, 0.1) is 19.8 Å². The number of urea groups is 1. The zero-order chi connectivity index (χ0) is 22.2. The third-order valence-corrected chi connectivity index (χ3v) is 5.27. The van der Waals surface area contributed by atoms with E-state index in [1.54, 1.807) is 7.11 Å². The highest BCUT2D eigenvalue weighted by Gasteiger charge is 2.37. The van der Waals surface area contributed by atoms with Crippen LogP contribution in [0.5, 0.6) is 5.75 Å². The van der Waals surface area contributed by atoms with Gasteiger partial charge in [0.25, 0.3) is 5.91 Å². The molecule has 0 aromatic heterocycles. The second-order valence-corrected chi connectivity index (χ2v) is 7.34. The van der Waals surface area contributed by atoms with Crippen molar-refractivity contribution in [1.82, 2.24) is 15.5 Å². The highest BCUT2D eigenvalue weighted by Crippen LogP contribution is 2.16. The van der Waals surface area contributed by atoms with Crippen LogP contribution in [0.3, 0.4) is 0 Å². The van der Waals surface area contributed by atoms with Crippen LogP contribution >= 0.6 is 0 Å². The summed E-state index contributed by atoms with van der Waals surface area (Å²) >= 11 is 0. The Labute approximate surface area is 181 Å². The fraction of sp³-hybridized carbons (Fsp3) is 0.348. The molecule has 1 saturated heterocycles. The molecular formula is C23H27N3O5. The fourth-order valence-corrected chi connectivity index (χ4v) is 3.48. The van der Waals surface area contributed by atoms with E-state index in [0.29, 0.717) is 6.42 Å². The maximum Gasteiger partial charge on any atom is 0.324 e. The van der Waals surface area contributed by atoms with Crippen molar-refractivity contribution in [1.29, 1.82) is 0 Å². The Bertz CT molecular complexity index is 901. The molecule has 0 saturated carbocycles. The van der Waals surface area contributed by atoms with Crippen LogP contribution in [0.1, 0.15) is 30.0 Å². The van der Waals surface area contributed by atoms with E-state index in [2.05, 4.69) is 10.6 Å². The number of nitrogens with one attached hydrogen (secondary N) is 2. The maximum absolute atomic E-state index is 12.6. The molecule has 1 aliphatic heterocycles. The van der Waals surface area contributed by atoms with Gasteiger partial charge in [0, 0.05) is 13.0 Å². The van der Waals surface area contributed by atoms with Crippen LogP contribution in [0.25, 0.3) is 0 Å². The minimum absolute atomic E-state index is 0.0618. The first-order valence-corrected chi connectivity index (χ1v) is 10.2. The lowest BCUT2D eigenvalue weighted by Gasteiger charge is -2.17. The predicted octanol–water partition coefficient (Wildman–Crippen LogP) is 1.79. The number of aliphatic hydroxyl groups is 1. The lowest BCUT2D eigenvalue weighted by Crippen LogP contribution is -2.35. The van der Waals surface area contributed by atoms with E-state index in [1.165, 1.54) is 4.90 Å². The van der Waals surface area contributed by atoms with Crippen LogP contribution in [-0.2, 0) is 16.0 Å². The molecule has 1 fully saturated rings. The number of hydrogen-bond donors (Lipinski definition) is 3. The molecule has 0 spiro atoms. The lowest BCUT2D eigenvalue weighted by molar-refractivity contribution is -0.127. The SMILES string of the molecule is COc1ccc(CCN2C(=O)N[C@@H](CCC(=O)N[C@@H](CO)c3ccccc3)C2=O)cc1. The number of methoxy groups -OCH3 is 1. The van der Waals surface area contributed by atoms with Gasteiger partial charge in [0.1, 0.15) is 11.8 Å². The zero-order valence-electron chi connectivity index (χ0n) is 17.4. The molecule has 3 rings (SSSR count). The van der Waals surface area contributed by atoms with Crippen molar-refractivity contribution in [3.8, 4) is 5.75 Å². The summed E-state index contributed by atoms with van der Waals surface area (Å²) in [5, 5.41) is 15.0. The molecule has 8 nitrogen and oxygen atoms in total. The average molecular weight is 425 g/mol. The van der Waals surface area contributed by atoms with Gasteiger partial charge < -0.3 is 20.5 Å². The van der Waals surface area contributed by atoms with Crippen LogP contribution in [0.15, 0.2) is 54.6 Å². The van der Waals surface area contributed by atoms with Crippen molar-refractivity contribution in [3.05, 3.63) is 65.7 Å². The van der Waals surface area contributed by atoms with E-state index in [0.717, 1.165) is 16.9 Å². The molecule has 0 radical (unpaired) electrons. The molecule has 0 unspecified atom stereocenters. The van der Waals surface area contributed by atoms with E-state index in [9.17, 15) is 19.5 Å². The van der Waals surface area contributed by atoms with Gasteiger partial charge in [-0.2, -0.15) is 0 Å².